The van der Waals surface area contributed by atoms with Crippen molar-refractivity contribution < 1.29 is 14.8 Å². The van der Waals surface area contributed by atoms with Crippen LogP contribution in [0.5, 0.6) is 5.75 Å². The molecule has 2 aromatic carbocycles. The zero-order valence-electron chi connectivity index (χ0n) is 17.1. The van der Waals surface area contributed by atoms with Crippen LogP contribution in [-0.4, -0.2) is 23.0 Å². The number of rotatable bonds is 5. The van der Waals surface area contributed by atoms with E-state index in [0.29, 0.717) is 22.9 Å². The molecule has 3 rings (SSSR count). The van der Waals surface area contributed by atoms with Crippen molar-refractivity contribution in [2.45, 2.75) is 64.3 Å². The maximum atomic E-state index is 12.7. The van der Waals surface area contributed by atoms with Gasteiger partial charge in [-0.05, 0) is 58.0 Å². The van der Waals surface area contributed by atoms with Crippen molar-refractivity contribution in [3.05, 3.63) is 64.7 Å². The highest BCUT2D eigenvalue weighted by atomic mass is 35.5. The summed E-state index contributed by atoms with van der Waals surface area (Å²) < 4.78 is 5.79. The first-order chi connectivity index (χ1) is 13.1. The minimum absolute atomic E-state index is 0.0313. The molecule has 2 aromatic rings. The predicted molar refractivity (Wildman–Crippen MR) is 113 cm³/mol. The van der Waals surface area contributed by atoms with Crippen LogP contribution in [0.15, 0.2) is 48.5 Å². The van der Waals surface area contributed by atoms with E-state index >= 15 is 0 Å². The van der Waals surface area contributed by atoms with Gasteiger partial charge in [0.2, 0.25) is 0 Å². The molecule has 4 nitrogen and oxygen atoms in total. The summed E-state index contributed by atoms with van der Waals surface area (Å²) in [6.07, 6.45) is 1.92. The fraction of sp³-hybridized carbons (Fsp3) is 0.435. The average Bonchev–Trinajstić information content (AvgIpc) is 2.58. The van der Waals surface area contributed by atoms with Gasteiger partial charge in [0, 0.05) is 35.0 Å². The van der Waals surface area contributed by atoms with Crippen LogP contribution >= 0.6 is 11.6 Å². The van der Waals surface area contributed by atoms with E-state index in [1.165, 1.54) is 0 Å². The van der Waals surface area contributed by atoms with Crippen LogP contribution in [0.2, 0.25) is 5.02 Å². The Morgan fingerprint density at radius 1 is 1.07 bits per heavy atom. The lowest BCUT2D eigenvalue weighted by Gasteiger charge is -2.43. The Kier molecular flexibility index (Phi) is 6.01. The molecule has 1 fully saturated rings. The number of hydrogen-bond acceptors (Lipinski definition) is 2. The second-order valence-corrected chi connectivity index (χ2v) is 9.51. The van der Waals surface area contributed by atoms with E-state index in [1.807, 2.05) is 48.5 Å². The largest absolute Gasteiger partial charge is 0.489 e. The van der Waals surface area contributed by atoms with Gasteiger partial charge < -0.3 is 15.4 Å². The van der Waals surface area contributed by atoms with Gasteiger partial charge in [-0.2, -0.15) is 0 Å². The van der Waals surface area contributed by atoms with Gasteiger partial charge in [0.15, 0.2) is 0 Å². The number of amides is 1. The van der Waals surface area contributed by atoms with Crippen LogP contribution in [-0.2, 0) is 6.61 Å². The first-order valence-corrected chi connectivity index (χ1v) is 10.2. The number of hydrogen-bond donors (Lipinski definition) is 2. The number of piperidine rings is 1. The highest BCUT2D eigenvalue weighted by molar-refractivity contribution is 6.31. The van der Waals surface area contributed by atoms with Crippen molar-refractivity contribution in [2.75, 3.05) is 0 Å². The van der Waals surface area contributed by atoms with Crippen molar-refractivity contribution in [2.24, 2.45) is 0 Å². The van der Waals surface area contributed by atoms with E-state index in [2.05, 4.69) is 38.3 Å². The molecule has 1 amide bonds. The molecule has 1 aliphatic rings. The predicted octanol–water partition coefficient (Wildman–Crippen LogP) is 3.93. The Labute approximate surface area is 172 Å². The van der Waals surface area contributed by atoms with E-state index < -0.39 is 0 Å². The maximum Gasteiger partial charge on any atom is 0.251 e. The minimum atomic E-state index is -0.0313. The van der Waals surface area contributed by atoms with Crippen LogP contribution in [0.25, 0.3) is 0 Å². The molecule has 1 heterocycles. The summed E-state index contributed by atoms with van der Waals surface area (Å²) in [6, 6.07) is 15.1. The number of benzene rings is 2. The quantitative estimate of drug-likeness (QED) is 0.797. The molecule has 0 unspecified atom stereocenters. The topological polar surface area (TPSA) is 54.9 Å². The summed E-state index contributed by atoms with van der Waals surface area (Å²) in [7, 11) is 0. The Balaban J connectivity index is 1.58. The zero-order valence-corrected chi connectivity index (χ0v) is 17.8. The van der Waals surface area contributed by atoms with Gasteiger partial charge >= 0.3 is 0 Å². The molecule has 1 saturated heterocycles. The molecular weight excluding hydrogens is 372 g/mol. The molecule has 1 aliphatic heterocycles. The normalized spacial score (nSPS) is 18.5. The standard InChI is InChI=1S/C23H29ClN2O2/c1-22(2)13-18(14-23(3,4)26-22)25-21(27)16-9-11-19(12-10-16)28-15-17-7-5-6-8-20(17)24/h5-12,18,26H,13-15H2,1-4H3,(H,25,27)/p+1. The van der Waals surface area contributed by atoms with Crippen LogP contribution < -0.4 is 15.4 Å². The molecule has 0 spiro atoms. The third kappa shape index (κ3) is 5.49. The summed E-state index contributed by atoms with van der Waals surface area (Å²) >= 11 is 6.15. The Hall–Kier alpha value is -2.04. The van der Waals surface area contributed by atoms with E-state index in [9.17, 15) is 4.79 Å². The second kappa shape index (κ2) is 8.14. The lowest BCUT2D eigenvalue weighted by Crippen LogP contribution is -3.06. The molecule has 0 aromatic heterocycles. The number of ether oxygens (including phenoxy) is 1. The van der Waals surface area contributed by atoms with Crippen molar-refractivity contribution in [3.63, 3.8) is 0 Å². The zero-order chi connectivity index (χ0) is 20.4. The molecule has 0 radical (unpaired) electrons. The first-order valence-electron chi connectivity index (χ1n) is 9.78. The van der Waals surface area contributed by atoms with Gasteiger partial charge in [-0.1, -0.05) is 29.8 Å². The van der Waals surface area contributed by atoms with Crippen molar-refractivity contribution in [3.8, 4) is 5.75 Å². The van der Waals surface area contributed by atoms with Gasteiger partial charge in [-0.25, -0.2) is 0 Å². The highest BCUT2D eigenvalue weighted by Gasteiger charge is 2.42. The molecule has 150 valence electrons. The number of carbonyl (C=O) groups excluding carboxylic acids is 1. The summed E-state index contributed by atoms with van der Waals surface area (Å²) in [5.41, 5.74) is 1.83. The number of nitrogens with one attached hydrogen (secondary N) is 1. The van der Waals surface area contributed by atoms with Crippen LogP contribution in [0.1, 0.15) is 56.5 Å². The van der Waals surface area contributed by atoms with Crippen molar-refractivity contribution >= 4 is 17.5 Å². The highest BCUT2D eigenvalue weighted by Crippen LogP contribution is 2.23. The molecule has 0 bridgehead atoms. The van der Waals surface area contributed by atoms with Crippen LogP contribution in [0.3, 0.4) is 0 Å². The van der Waals surface area contributed by atoms with Crippen LogP contribution in [0.4, 0.5) is 0 Å². The SMILES string of the molecule is CC1(C)CC(NC(=O)c2ccc(OCc3ccccc3Cl)cc2)CC(C)(C)[NH2+]1. The van der Waals surface area contributed by atoms with Crippen molar-refractivity contribution in [1.29, 1.82) is 0 Å². The molecular formula is C23H30ClN2O2+. The van der Waals surface area contributed by atoms with Gasteiger partial charge in [0.25, 0.3) is 5.91 Å². The van der Waals surface area contributed by atoms with Gasteiger partial charge in [0.1, 0.15) is 12.4 Å². The third-order valence-electron chi connectivity index (χ3n) is 5.13. The molecule has 0 atom stereocenters. The van der Waals surface area contributed by atoms with Gasteiger partial charge in [-0.3, -0.25) is 4.79 Å². The summed E-state index contributed by atoms with van der Waals surface area (Å²) in [4.78, 5) is 12.7. The number of carbonyl (C=O) groups is 1. The molecule has 0 aliphatic carbocycles. The number of quaternary nitrogens is 1. The van der Waals surface area contributed by atoms with Crippen LogP contribution in [0, 0.1) is 0 Å². The van der Waals surface area contributed by atoms with E-state index in [0.717, 1.165) is 18.4 Å². The molecule has 5 heteroatoms. The molecule has 0 saturated carbocycles. The number of halogens is 1. The smallest absolute Gasteiger partial charge is 0.251 e. The van der Waals surface area contributed by atoms with E-state index in [-0.39, 0.29) is 23.0 Å². The third-order valence-corrected chi connectivity index (χ3v) is 5.50. The van der Waals surface area contributed by atoms with E-state index in [4.69, 9.17) is 16.3 Å². The summed E-state index contributed by atoms with van der Waals surface area (Å²) in [6.45, 7) is 9.33. The fourth-order valence-corrected chi connectivity index (χ4v) is 4.56. The summed E-state index contributed by atoms with van der Waals surface area (Å²) in [5.74, 6) is 0.683. The molecule has 28 heavy (non-hydrogen) atoms. The fourth-order valence-electron chi connectivity index (χ4n) is 4.37. The second-order valence-electron chi connectivity index (χ2n) is 9.10. The lowest BCUT2D eigenvalue weighted by molar-refractivity contribution is -0.787. The monoisotopic (exact) mass is 401 g/mol. The minimum Gasteiger partial charge on any atom is -0.489 e. The Morgan fingerprint density at radius 3 is 2.29 bits per heavy atom. The number of nitrogens with two attached hydrogens (primary N) is 1. The van der Waals surface area contributed by atoms with Crippen molar-refractivity contribution in [1.82, 2.24) is 5.32 Å². The average molecular weight is 402 g/mol. The van der Waals surface area contributed by atoms with Gasteiger partial charge in [0.05, 0.1) is 11.1 Å². The first kappa shape index (κ1) is 20.7. The van der Waals surface area contributed by atoms with Gasteiger partial charge in [-0.15, -0.1) is 0 Å². The Morgan fingerprint density at radius 2 is 1.68 bits per heavy atom. The Bertz CT molecular complexity index is 815. The van der Waals surface area contributed by atoms with E-state index in [1.54, 1.807) is 0 Å². The lowest BCUT2D eigenvalue weighted by atomic mass is 9.79. The maximum absolute atomic E-state index is 12.7. The molecule has 3 N–H and O–H groups in total. The summed E-state index contributed by atoms with van der Waals surface area (Å²) in [5, 5.41) is 6.31.